The number of halogens is 3. The molecule has 0 N–H and O–H groups in total. The molecule has 124 valence electrons. The fourth-order valence-corrected chi connectivity index (χ4v) is 2.57. The number of benzene rings is 2. The zero-order valence-corrected chi connectivity index (χ0v) is 13.3. The highest BCUT2D eigenvalue weighted by molar-refractivity contribution is 5.80. The predicted molar refractivity (Wildman–Crippen MR) is 89.6 cm³/mol. The molecule has 0 saturated carbocycles. The molecule has 2 aromatic carbocycles. The van der Waals surface area contributed by atoms with E-state index in [1.807, 2.05) is 13.0 Å². The lowest BCUT2D eigenvalue weighted by atomic mass is 9.95. The summed E-state index contributed by atoms with van der Waals surface area (Å²) in [7, 11) is 0. The minimum absolute atomic E-state index is 0.0356. The zero-order valence-electron chi connectivity index (χ0n) is 13.3. The average molecular weight is 338 g/mol. The molecule has 5 heteroatoms. The van der Waals surface area contributed by atoms with Crippen LogP contribution in [0.2, 0.25) is 0 Å². The SMILES string of the molecule is Cc1ccc(-c2cc(C(F)(F)F)nc(-c3ccccc3)c2C#N)cc1. The van der Waals surface area contributed by atoms with Gasteiger partial charge in [0.2, 0.25) is 0 Å². The van der Waals surface area contributed by atoms with Gasteiger partial charge in [0, 0.05) is 11.1 Å². The van der Waals surface area contributed by atoms with Crippen LogP contribution in [0.15, 0.2) is 60.7 Å². The smallest absolute Gasteiger partial charge is 0.242 e. The van der Waals surface area contributed by atoms with E-state index >= 15 is 0 Å². The van der Waals surface area contributed by atoms with Crippen molar-refractivity contribution in [2.24, 2.45) is 0 Å². The van der Waals surface area contributed by atoms with Crippen LogP contribution in [0.25, 0.3) is 22.4 Å². The van der Waals surface area contributed by atoms with Crippen LogP contribution in [0.3, 0.4) is 0 Å². The molecule has 1 aromatic heterocycles. The molecule has 3 aromatic rings. The van der Waals surface area contributed by atoms with Crippen LogP contribution in [0.5, 0.6) is 0 Å². The van der Waals surface area contributed by atoms with Gasteiger partial charge < -0.3 is 0 Å². The second-order valence-corrected chi connectivity index (χ2v) is 5.62. The molecule has 0 bridgehead atoms. The van der Waals surface area contributed by atoms with E-state index < -0.39 is 11.9 Å². The predicted octanol–water partition coefficient (Wildman–Crippen LogP) is 5.61. The number of pyridine rings is 1. The van der Waals surface area contributed by atoms with E-state index in [9.17, 15) is 18.4 Å². The Kier molecular flexibility index (Phi) is 4.28. The molecule has 0 amide bonds. The van der Waals surface area contributed by atoms with Crippen molar-refractivity contribution in [2.75, 3.05) is 0 Å². The van der Waals surface area contributed by atoms with Crippen molar-refractivity contribution in [1.29, 1.82) is 5.26 Å². The molecule has 3 rings (SSSR count). The van der Waals surface area contributed by atoms with Gasteiger partial charge >= 0.3 is 6.18 Å². The van der Waals surface area contributed by atoms with Crippen LogP contribution < -0.4 is 0 Å². The summed E-state index contributed by atoms with van der Waals surface area (Å²) in [6.45, 7) is 1.89. The average Bonchev–Trinajstić information content (AvgIpc) is 2.61. The van der Waals surface area contributed by atoms with Crippen LogP contribution in [-0.2, 0) is 6.18 Å². The topological polar surface area (TPSA) is 36.7 Å². The maximum atomic E-state index is 13.3. The van der Waals surface area contributed by atoms with Crippen molar-refractivity contribution >= 4 is 0 Å². The van der Waals surface area contributed by atoms with Gasteiger partial charge in [0.05, 0.1) is 11.3 Å². The van der Waals surface area contributed by atoms with Crippen molar-refractivity contribution in [3.05, 3.63) is 77.5 Å². The summed E-state index contributed by atoms with van der Waals surface area (Å²) in [4.78, 5) is 3.74. The van der Waals surface area contributed by atoms with Gasteiger partial charge in [-0.05, 0) is 18.6 Å². The summed E-state index contributed by atoms with van der Waals surface area (Å²) in [5.74, 6) is 0. The summed E-state index contributed by atoms with van der Waals surface area (Å²) in [5.41, 5.74) is 1.38. The Morgan fingerprint density at radius 3 is 2.12 bits per heavy atom. The molecule has 0 fully saturated rings. The summed E-state index contributed by atoms with van der Waals surface area (Å²) >= 11 is 0. The first kappa shape index (κ1) is 16.7. The number of alkyl halides is 3. The van der Waals surface area contributed by atoms with Gasteiger partial charge in [-0.3, -0.25) is 0 Å². The summed E-state index contributed by atoms with van der Waals surface area (Å²) in [5, 5.41) is 9.60. The molecule has 0 atom stereocenters. The lowest BCUT2D eigenvalue weighted by Gasteiger charge is -2.14. The highest BCUT2D eigenvalue weighted by Crippen LogP contribution is 2.37. The van der Waals surface area contributed by atoms with Gasteiger partial charge in [-0.1, -0.05) is 60.2 Å². The van der Waals surface area contributed by atoms with Crippen molar-refractivity contribution in [1.82, 2.24) is 4.98 Å². The van der Waals surface area contributed by atoms with Gasteiger partial charge in [-0.25, -0.2) is 4.98 Å². The zero-order chi connectivity index (χ0) is 18.0. The third kappa shape index (κ3) is 3.38. The van der Waals surface area contributed by atoms with Gasteiger partial charge in [0.25, 0.3) is 0 Å². The van der Waals surface area contributed by atoms with Gasteiger partial charge in [-0.15, -0.1) is 0 Å². The van der Waals surface area contributed by atoms with Crippen molar-refractivity contribution in [2.45, 2.75) is 13.1 Å². The van der Waals surface area contributed by atoms with Gasteiger partial charge in [0.15, 0.2) is 0 Å². The van der Waals surface area contributed by atoms with Crippen LogP contribution in [-0.4, -0.2) is 4.98 Å². The molecular formula is C20H13F3N2. The molecule has 1 heterocycles. The maximum absolute atomic E-state index is 13.3. The Bertz CT molecular complexity index is 938. The third-order valence-electron chi connectivity index (χ3n) is 3.83. The molecule has 25 heavy (non-hydrogen) atoms. The minimum atomic E-state index is -4.60. The van der Waals surface area contributed by atoms with Crippen LogP contribution in [0.4, 0.5) is 13.2 Å². The fourth-order valence-electron chi connectivity index (χ4n) is 2.57. The second kappa shape index (κ2) is 6.40. The number of rotatable bonds is 2. The largest absolute Gasteiger partial charge is 0.433 e. The monoisotopic (exact) mass is 338 g/mol. The van der Waals surface area contributed by atoms with Crippen LogP contribution in [0.1, 0.15) is 16.8 Å². The first-order valence-electron chi connectivity index (χ1n) is 7.55. The highest BCUT2D eigenvalue weighted by Gasteiger charge is 2.34. The summed E-state index contributed by atoms with van der Waals surface area (Å²) < 4.78 is 40.0. The minimum Gasteiger partial charge on any atom is -0.242 e. The fraction of sp³-hybridized carbons (Fsp3) is 0.100. The molecule has 0 radical (unpaired) electrons. The number of hydrogen-bond donors (Lipinski definition) is 0. The molecule has 0 unspecified atom stereocenters. The van der Waals surface area contributed by atoms with Crippen LogP contribution >= 0.6 is 0 Å². The van der Waals surface area contributed by atoms with Crippen molar-refractivity contribution in [3.63, 3.8) is 0 Å². The van der Waals surface area contributed by atoms with Crippen molar-refractivity contribution < 1.29 is 13.2 Å². The number of aryl methyl sites for hydroxylation is 1. The molecule has 2 nitrogen and oxygen atoms in total. The number of aromatic nitrogens is 1. The summed E-state index contributed by atoms with van der Waals surface area (Å²) in [6.07, 6.45) is -4.60. The van der Waals surface area contributed by atoms with Crippen molar-refractivity contribution in [3.8, 4) is 28.5 Å². The second-order valence-electron chi connectivity index (χ2n) is 5.62. The Morgan fingerprint density at radius 2 is 1.56 bits per heavy atom. The first-order chi connectivity index (χ1) is 11.9. The van der Waals surface area contributed by atoms with E-state index in [0.29, 0.717) is 11.1 Å². The molecule has 0 aliphatic heterocycles. The quantitative estimate of drug-likeness (QED) is 0.608. The Hall–Kier alpha value is -3.13. The normalized spacial score (nSPS) is 11.2. The van der Waals surface area contributed by atoms with Gasteiger partial charge in [0.1, 0.15) is 11.8 Å². The Balaban J connectivity index is 2.34. The molecule has 0 spiro atoms. The van der Waals surface area contributed by atoms with E-state index in [1.165, 1.54) is 0 Å². The van der Waals surface area contributed by atoms with E-state index in [-0.39, 0.29) is 16.8 Å². The number of nitriles is 1. The van der Waals surface area contributed by atoms with E-state index in [4.69, 9.17) is 0 Å². The lowest BCUT2D eigenvalue weighted by Crippen LogP contribution is -2.10. The Morgan fingerprint density at radius 1 is 0.920 bits per heavy atom. The lowest BCUT2D eigenvalue weighted by molar-refractivity contribution is -0.141. The van der Waals surface area contributed by atoms with E-state index in [1.54, 1.807) is 54.6 Å². The van der Waals surface area contributed by atoms with Crippen LogP contribution in [0, 0.1) is 18.3 Å². The number of hydrogen-bond acceptors (Lipinski definition) is 2. The summed E-state index contributed by atoms with van der Waals surface area (Å²) in [6, 6.07) is 18.4. The van der Waals surface area contributed by atoms with E-state index in [2.05, 4.69) is 4.98 Å². The molecule has 0 saturated heterocycles. The molecule has 0 aliphatic rings. The Labute approximate surface area is 143 Å². The van der Waals surface area contributed by atoms with E-state index in [0.717, 1.165) is 11.6 Å². The molecule has 0 aliphatic carbocycles. The highest BCUT2D eigenvalue weighted by atomic mass is 19.4. The first-order valence-corrected chi connectivity index (χ1v) is 7.55. The maximum Gasteiger partial charge on any atom is 0.433 e. The van der Waals surface area contributed by atoms with Gasteiger partial charge in [-0.2, -0.15) is 18.4 Å². The number of nitrogens with zero attached hydrogens (tertiary/aromatic N) is 2. The third-order valence-corrected chi connectivity index (χ3v) is 3.83. The molecular weight excluding hydrogens is 325 g/mol. The standard InChI is InChI=1S/C20H13F3N2/c1-13-7-9-14(10-8-13)16-11-18(20(21,22)23)25-19(17(16)12-24)15-5-3-2-4-6-15/h2-11H,1H3.